The molecule has 0 bridgehead atoms. The fourth-order valence-corrected chi connectivity index (χ4v) is 2.83. The number of methoxy groups -OCH3 is 1. The Hall–Kier alpha value is -2.89. The van der Waals surface area contributed by atoms with Gasteiger partial charge >= 0.3 is 5.97 Å². The van der Waals surface area contributed by atoms with E-state index < -0.39 is 23.1 Å². The maximum atomic E-state index is 13.5. The molecule has 0 heterocycles. The average molecular weight is 373 g/mol. The number of rotatable bonds is 8. The standard InChI is InChI=1S/C21H24FNO4/c1-21(2,16-8-6-9-17(22)12-16)20(26)23-13-15(19(24)25)11-14-7-4-5-10-18(14)27-3/h4-10,12,15H,11,13H2,1-3H3,(H,23,26)(H,24,25). The second-order valence-corrected chi connectivity index (χ2v) is 6.90. The molecule has 0 aliphatic carbocycles. The van der Waals surface area contributed by atoms with E-state index in [1.807, 2.05) is 6.07 Å². The van der Waals surface area contributed by atoms with E-state index in [1.54, 1.807) is 44.2 Å². The van der Waals surface area contributed by atoms with Gasteiger partial charge in [-0.15, -0.1) is 0 Å². The van der Waals surface area contributed by atoms with Crippen LogP contribution in [-0.2, 0) is 21.4 Å². The molecule has 2 aromatic carbocycles. The lowest BCUT2D eigenvalue weighted by molar-refractivity contribution is -0.141. The second-order valence-electron chi connectivity index (χ2n) is 6.90. The highest BCUT2D eigenvalue weighted by atomic mass is 19.1. The summed E-state index contributed by atoms with van der Waals surface area (Å²) >= 11 is 0. The Morgan fingerprint density at radius 3 is 2.52 bits per heavy atom. The van der Waals surface area contributed by atoms with Crippen LogP contribution in [0.4, 0.5) is 4.39 Å². The van der Waals surface area contributed by atoms with Gasteiger partial charge < -0.3 is 15.2 Å². The molecule has 0 aliphatic heterocycles. The number of nitrogens with one attached hydrogen (secondary N) is 1. The third kappa shape index (κ3) is 5.06. The molecule has 2 aromatic rings. The molecular weight excluding hydrogens is 349 g/mol. The summed E-state index contributed by atoms with van der Waals surface area (Å²) in [5.41, 5.74) is 0.290. The van der Waals surface area contributed by atoms with Gasteiger partial charge in [0.2, 0.25) is 5.91 Å². The van der Waals surface area contributed by atoms with Crippen LogP contribution in [0.1, 0.15) is 25.0 Å². The molecule has 0 radical (unpaired) electrons. The van der Waals surface area contributed by atoms with Crippen molar-refractivity contribution in [2.24, 2.45) is 5.92 Å². The van der Waals surface area contributed by atoms with Crippen molar-refractivity contribution < 1.29 is 23.8 Å². The largest absolute Gasteiger partial charge is 0.496 e. The molecule has 1 unspecified atom stereocenters. The molecular formula is C21H24FNO4. The lowest BCUT2D eigenvalue weighted by atomic mass is 9.83. The van der Waals surface area contributed by atoms with Gasteiger partial charge in [0.25, 0.3) is 0 Å². The molecule has 27 heavy (non-hydrogen) atoms. The Morgan fingerprint density at radius 2 is 1.89 bits per heavy atom. The van der Waals surface area contributed by atoms with E-state index in [2.05, 4.69) is 5.32 Å². The summed E-state index contributed by atoms with van der Waals surface area (Å²) in [6.07, 6.45) is 0.222. The number of carbonyl (C=O) groups excluding carboxylic acids is 1. The fourth-order valence-electron chi connectivity index (χ4n) is 2.83. The number of benzene rings is 2. The summed E-state index contributed by atoms with van der Waals surface area (Å²) in [5.74, 6) is -2.00. The van der Waals surface area contributed by atoms with Crippen molar-refractivity contribution in [2.45, 2.75) is 25.7 Å². The highest BCUT2D eigenvalue weighted by Gasteiger charge is 2.31. The first-order valence-corrected chi connectivity index (χ1v) is 8.64. The van der Waals surface area contributed by atoms with Crippen LogP contribution >= 0.6 is 0 Å². The monoisotopic (exact) mass is 373 g/mol. The minimum atomic E-state index is -1.01. The molecule has 0 saturated heterocycles. The number of halogens is 1. The summed E-state index contributed by atoms with van der Waals surface area (Å²) in [6.45, 7) is 3.31. The topological polar surface area (TPSA) is 75.6 Å². The predicted molar refractivity (Wildman–Crippen MR) is 100 cm³/mol. The first-order valence-electron chi connectivity index (χ1n) is 8.64. The molecule has 1 amide bonds. The van der Waals surface area contributed by atoms with E-state index in [0.29, 0.717) is 11.3 Å². The molecule has 0 aromatic heterocycles. The molecule has 1 atom stereocenters. The van der Waals surface area contributed by atoms with Gasteiger partial charge in [0.1, 0.15) is 11.6 Å². The van der Waals surface area contributed by atoms with Crippen LogP contribution in [0.25, 0.3) is 0 Å². The number of ether oxygens (including phenoxy) is 1. The van der Waals surface area contributed by atoms with Gasteiger partial charge in [0, 0.05) is 6.54 Å². The lowest BCUT2D eigenvalue weighted by Crippen LogP contribution is -2.43. The van der Waals surface area contributed by atoms with E-state index in [9.17, 15) is 19.1 Å². The lowest BCUT2D eigenvalue weighted by Gasteiger charge is -2.25. The minimum absolute atomic E-state index is 0.0367. The molecule has 0 aliphatic rings. The summed E-state index contributed by atoms with van der Waals surface area (Å²) in [4.78, 5) is 24.3. The number of para-hydroxylation sites is 1. The Bertz CT molecular complexity index is 819. The van der Waals surface area contributed by atoms with Crippen molar-refractivity contribution in [3.63, 3.8) is 0 Å². The maximum Gasteiger partial charge on any atom is 0.308 e. The Balaban J connectivity index is 2.09. The zero-order chi connectivity index (χ0) is 20.0. The van der Waals surface area contributed by atoms with E-state index in [-0.39, 0.29) is 18.9 Å². The molecule has 0 saturated carbocycles. The van der Waals surface area contributed by atoms with Crippen molar-refractivity contribution in [1.82, 2.24) is 5.32 Å². The summed E-state index contributed by atoms with van der Waals surface area (Å²) in [7, 11) is 1.53. The van der Waals surface area contributed by atoms with E-state index in [1.165, 1.54) is 19.2 Å². The van der Waals surface area contributed by atoms with Gasteiger partial charge in [-0.2, -0.15) is 0 Å². The zero-order valence-corrected chi connectivity index (χ0v) is 15.7. The number of carboxylic acid groups (broad SMARTS) is 1. The van der Waals surface area contributed by atoms with Crippen LogP contribution in [0.15, 0.2) is 48.5 Å². The number of carbonyl (C=O) groups is 2. The van der Waals surface area contributed by atoms with Gasteiger partial charge in [-0.25, -0.2) is 4.39 Å². The summed E-state index contributed by atoms with van der Waals surface area (Å²) in [6, 6.07) is 13.0. The third-order valence-corrected chi connectivity index (χ3v) is 4.63. The van der Waals surface area contributed by atoms with E-state index in [0.717, 1.165) is 5.56 Å². The van der Waals surface area contributed by atoms with Crippen LogP contribution in [0.5, 0.6) is 5.75 Å². The molecule has 144 valence electrons. The minimum Gasteiger partial charge on any atom is -0.496 e. The molecule has 2 rings (SSSR count). The molecule has 0 spiro atoms. The van der Waals surface area contributed by atoms with Crippen LogP contribution < -0.4 is 10.1 Å². The van der Waals surface area contributed by atoms with Crippen molar-refractivity contribution in [1.29, 1.82) is 0 Å². The van der Waals surface area contributed by atoms with Crippen molar-refractivity contribution in [3.8, 4) is 5.75 Å². The summed E-state index contributed by atoms with van der Waals surface area (Å²) < 4.78 is 18.7. The Morgan fingerprint density at radius 1 is 1.19 bits per heavy atom. The van der Waals surface area contributed by atoms with Crippen LogP contribution in [0.2, 0.25) is 0 Å². The molecule has 2 N–H and O–H groups in total. The van der Waals surface area contributed by atoms with E-state index in [4.69, 9.17) is 4.74 Å². The van der Waals surface area contributed by atoms with Gasteiger partial charge in [0.05, 0.1) is 18.4 Å². The van der Waals surface area contributed by atoms with Gasteiger partial charge in [-0.05, 0) is 49.6 Å². The number of hydrogen-bond acceptors (Lipinski definition) is 3. The zero-order valence-electron chi connectivity index (χ0n) is 15.7. The highest BCUT2D eigenvalue weighted by molar-refractivity contribution is 5.87. The van der Waals surface area contributed by atoms with Gasteiger partial charge in [0.15, 0.2) is 0 Å². The smallest absolute Gasteiger partial charge is 0.308 e. The SMILES string of the molecule is COc1ccccc1CC(CNC(=O)C(C)(C)c1cccc(F)c1)C(=O)O. The molecule has 6 heteroatoms. The van der Waals surface area contributed by atoms with Crippen molar-refractivity contribution in [2.75, 3.05) is 13.7 Å². The number of carboxylic acids is 1. The highest BCUT2D eigenvalue weighted by Crippen LogP contribution is 2.25. The van der Waals surface area contributed by atoms with Gasteiger partial charge in [-0.3, -0.25) is 9.59 Å². The summed E-state index contributed by atoms with van der Waals surface area (Å²) in [5, 5.41) is 12.2. The van der Waals surface area contributed by atoms with Crippen molar-refractivity contribution in [3.05, 3.63) is 65.5 Å². The molecule has 5 nitrogen and oxygen atoms in total. The molecule has 0 fully saturated rings. The van der Waals surface area contributed by atoms with E-state index >= 15 is 0 Å². The second kappa shape index (κ2) is 8.66. The average Bonchev–Trinajstić information content (AvgIpc) is 2.64. The predicted octanol–water partition coefficient (Wildman–Crippen LogP) is 3.17. The quantitative estimate of drug-likeness (QED) is 0.745. The van der Waals surface area contributed by atoms with Crippen molar-refractivity contribution >= 4 is 11.9 Å². The van der Waals surface area contributed by atoms with Crippen LogP contribution in [0.3, 0.4) is 0 Å². The normalized spacial score (nSPS) is 12.3. The number of amides is 1. The Kier molecular flexibility index (Phi) is 6.55. The number of hydrogen-bond donors (Lipinski definition) is 2. The first-order chi connectivity index (χ1) is 12.8. The third-order valence-electron chi connectivity index (χ3n) is 4.63. The Labute approximate surface area is 158 Å². The first kappa shape index (κ1) is 20.4. The fraction of sp³-hybridized carbons (Fsp3) is 0.333. The van der Waals surface area contributed by atoms with Crippen LogP contribution in [-0.4, -0.2) is 30.6 Å². The van der Waals surface area contributed by atoms with Crippen LogP contribution in [0, 0.1) is 11.7 Å². The van der Waals surface area contributed by atoms with Gasteiger partial charge in [-0.1, -0.05) is 30.3 Å². The number of aliphatic carboxylic acids is 1. The maximum absolute atomic E-state index is 13.5.